The van der Waals surface area contributed by atoms with E-state index >= 15 is 0 Å². The Morgan fingerprint density at radius 1 is 1.41 bits per heavy atom. The monoisotopic (exact) mass is 242 g/mol. The summed E-state index contributed by atoms with van der Waals surface area (Å²) in [6.45, 7) is 2.26. The van der Waals surface area contributed by atoms with E-state index in [2.05, 4.69) is 5.32 Å². The summed E-state index contributed by atoms with van der Waals surface area (Å²) < 4.78 is 0. The van der Waals surface area contributed by atoms with Crippen molar-refractivity contribution < 1.29 is 14.7 Å². The van der Waals surface area contributed by atoms with E-state index in [1.165, 1.54) is 0 Å². The van der Waals surface area contributed by atoms with E-state index in [4.69, 9.17) is 5.11 Å². The van der Waals surface area contributed by atoms with Gasteiger partial charge in [0.2, 0.25) is 5.91 Å². The van der Waals surface area contributed by atoms with Gasteiger partial charge in [-0.3, -0.25) is 9.59 Å². The molecule has 2 N–H and O–H groups in total. The van der Waals surface area contributed by atoms with E-state index in [-0.39, 0.29) is 12.3 Å². The molecule has 1 atom stereocenters. The molecule has 1 amide bonds. The van der Waals surface area contributed by atoms with E-state index < -0.39 is 5.97 Å². The van der Waals surface area contributed by atoms with Gasteiger partial charge in [-0.25, -0.2) is 0 Å². The number of carbonyl (C=O) groups is 2. The third kappa shape index (κ3) is 5.17. The first-order valence-electron chi connectivity index (χ1n) is 6.27. The minimum absolute atomic E-state index is 0.180. The van der Waals surface area contributed by atoms with Gasteiger partial charge in [0, 0.05) is 32.5 Å². The second-order valence-electron chi connectivity index (χ2n) is 4.63. The summed E-state index contributed by atoms with van der Waals surface area (Å²) in [4.78, 5) is 24.2. The average Bonchev–Trinajstić information content (AvgIpc) is 2.33. The zero-order valence-electron chi connectivity index (χ0n) is 10.4. The van der Waals surface area contributed by atoms with Crippen molar-refractivity contribution in [2.24, 2.45) is 5.92 Å². The highest BCUT2D eigenvalue weighted by atomic mass is 16.4. The Labute approximate surface area is 102 Å². The fourth-order valence-corrected chi connectivity index (χ4v) is 2.24. The predicted molar refractivity (Wildman–Crippen MR) is 64.7 cm³/mol. The maximum Gasteiger partial charge on any atom is 0.303 e. The van der Waals surface area contributed by atoms with Crippen LogP contribution < -0.4 is 5.32 Å². The highest BCUT2D eigenvalue weighted by Crippen LogP contribution is 2.21. The Bertz CT molecular complexity index is 268. The van der Waals surface area contributed by atoms with Crippen LogP contribution in [0.1, 0.15) is 32.1 Å². The van der Waals surface area contributed by atoms with Crippen LogP contribution in [0.3, 0.4) is 0 Å². The minimum atomic E-state index is -0.747. The van der Waals surface area contributed by atoms with Crippen molar-refractivity contribution in [2.75, 3.05) is 26.7 Å². The van der Waals surface area contributed by atoms with Crippen LogP contribution >= 0.6 is 0 Å². The summed E-state index contributed by atoms with van der Waals surface area (Å²) in [5.41, 5.74) is 0. The fourth-order valence-electron chi connectivity index (χ4n) is 2.24. The summed E-state index contributed by atoms with van der Waals surface area (Å²) in [5, 5.41) is 11.6. The minimum Gasteiger partial charge on any atom is -0.481 e. The van der Waals surface area contributed by atoms with E-state index in [9.17, 15) is 9.59 Å². The molecule has 98 valence electrons. The number of carbonyl (C=O) groups excluding carboxylic acids is 1. The molecule has 1 saturated heterocycles. The summed E-state index contributed by atoms with van der Waals surface area (Å²) in [6.07, 6.45) is 3.47. The van der Waals surface area contributed by atoms with Crippen molar-refractivity contribution in [2.45, 2.75) is 32.1 Å². The molecule has 1 aliphatic heterocycles. The predicted octanol–water partition coefficient (Wildman–Crippen LogP) is 0.699. The standard InChI is InChI=1S/C12H22N2O3/c1-13-7-6-11(15)14-8-2-3-10(9-14)4-5-12(16)17/h10,13H,2-9H2,1H3,(H,16,17). The van der Waals surface area contributed by atoms with Gasteiger partial charge >= 0.3 is 5.97 Å². The van der Waals surface area contributed by atoms with Crippen LogP contribution in [0.25, 0.3) is 0 Å². The molecule has 0 radical (unpaired) electrons. The Morgan fingerprint density at radius 3 is 2.82 bits per heavy atom. The molecule has 1 heterocycles. The smallest absolute Gasteiger partial charge is 0.303 e. The second kappa shape index (κ2) is 7.27. The third-order valence-electron chi connectivity index (χ3n) is 3.23. The molecule has 0 spiro atoms. The van der Waals surface area contributed by atoms with Crippen molar-refractivity contribution in [3.63, 3.8) is 0 Å². The number of hydrogen-bond donors (Lipinski definition) is 2. The number of rotatable bonds is 6. The van der Waals surface area contributed by atoms with Crippen molar-refractivity contribution in [3.8, 4) is 0 Å². The van der Waals surface area contributed by atoms with Gasteiger partial charge in [0.25, 0.3) is 0 Å². The quantitative estimate of drug-likeness (QED) is 0.719. The van der Waals surface area contributed by atoms with E-state index in [0.29, 0.717) is 25.3 Å². The molecule has 17 heavy (non-hydrogen) atoms. The Kier molecular flexibility index (Phi) is 5.97. The number of piperidine rings is 1. The molecule has 0 aromatic rings. The van der Waals surface area contributed by atoms with Crippen LogP contribution in [-0.2, 0) is 9.59 Å². The molecule has 1 rings (SSSR count). The Balaban J connectivity index is 2.32. The van der Waals surface area contributed by atoms with Gasteiger partial charge in [-0.1, -0.05) is 0 Å². The topological polar surface area (TPSA) is 69.6 Å². The number of nitrogens with zero attached hydrogens (tertiary/aromatic N) is 1. The number of hydrogen-bond acceptors (Lipinski definition) is 3. The number of carboxylic acid groups (broad SMARTS) is 1. The van der Waals surface area contributed by atoms with Crippen LogP contribution in [-0.4, -0.2) is 48.6 Å². The van der Waals surface area contributed by atoms with Gasteiger partial charge in [-0.15, -0.1) is 0 Å². The van der Waals surface area contributed by atoms with Gasteiger partial charge in [0.15, 0.2) is 0 Å². The van der Waals surface area contributed by atoms with Crippen LogP contribution in [0.15, 0.2) is 0 Å². The lowest BCUT2D eigenvalue weighted by Crippen LogP contribution is -2.40. The molecule has 0 saturated carbocycles. The molecular weight excluding hydrogens is 220 g/mol. The SMILES string of the molecule is CNCCC(=O)N1CCCC(CCC(=O)O)C1. The van der Waals surface area contributed by atoms with E-state index in [0.717, 1.165) is 25.9 Å². The number of carboxylic acids is 1. The number of likely N-dealkylation sites (tertiary alicyclic amines) is 1. The molecule has 5 heteroatoms. The molecular formula is C12H22N2O3. The summed E-state index contributed by atoms with van der Waals surface area (Å²) in [6, 6.07) is 0. The molecule has 0 bridgehead atoms. The van der Waals surface area contributed by atoms with Crippen molar-refractivity contribution in [1.82, 2.24) is 10.2 Å². The number of aliphatic carboxylic acids is 1. The highest BCUT2D eigenvalue weighted by molar-refractivity contribution is 5.76. The normalized spacial score (nSPS) is 20.3. The first-order chi connectivity index (χ1) is 8.13. The first kappa shape index (κ1) is 14.0. The second-order valence-corrected chi connectivity index (χ2v) is 4.63. The van der Waals surface area contributed by atoms with E-state index in [1.807, 2.05) is 11.9 Å². The van der Waals surface area contributed by atoms with Crippen molar-refractivity contribution in [3.05, 3.63) is 0 Å². The third-order valence-corrected chi connectivity index (χ3v) is 3.23. The Hall–Kier alpha value is -1.10. The van der Waals surface area contributed by atoms with Gasteiger partial charge < -0.3 is 15.3 Å². The van der Waals surface area contributed by atoms with Crippen LogP contribution in [0.5, 0.6) is 0 Å². The van der Waals surface area contributed by atoms with Crippen LogP contribution in [0.2, 0.25) is 0 Å². The molecule has 1 aliphatic rings. The van der Waals surface area contributed by atoms with Gasteiger partial charge in [-0.05, 0) is 32.2 Å². The summed E-state index contributed by atoms with van der Waals surface area (Å²) in [7, 11) is 1.83. The molecule has 1 unspecified atom stereocenters. The number of amides is 1. The maximum atomic E-state index is 11.8. The number of nitrogens with one attached hydrogen (secondary N) is 1. The lowest BCUT2D eigenvalue weighted by Gasteiger charge is -2.32. The van der Waals surface area contributed by atoms with Crippen LogP contribution in [0.4, 0.5) is 0 Å². The molecule has 1 fully saturated rings. The molecule has 0 aliphatic carbocycles. The zero-order chi connectivity index (χ0) is 12.7. The maximum absolute atomic E-state index is 11.8. The van der Waals surface area contributed by atoms with Gasteiger partial charge in [0.05, 0.1) is 0 Å². The molecule has 5 nitrogen and oxygen atoms in total. The first-order valence-corrected chi connectivity index (χ1v) is 6.27. The largest absolute Gasteiger partial charge is 0.481 e. The van der Waals surface area contributed by atoms with Crippen molar-refractivity contribution in [1.29, 1.82) is 0 Å². The Morgan fingerprint density at radius 2 is 2.18 bits per heavy atom. The lowest BCUT2D eigenvalue weighted by molar-refractivity contribution is -0.137. The zero-order valence-corrected chi connectivity index (χ0v) is 10.4. The van der Waals surface area contributed by atoms with Gasteiger partial charge in [-0.2, -0.15) is 0 Å². The average molecular weight is 242 g/mol. The summed E-state index contributed by atoms with van der Waals surface area (Å²) in [5.74, 6) is -0.207. The van der Waals surface area contributed by atoms with Crippen molar-refractivity contribution >= 4 is 11.9 Å². The van der Waals surface area contributed by atoms with E-state index in [1.54, 1.807) is 0 Å². The van der Waals surface area contributed by atoms with Crippen LogP contribution in [0, 0.1) is 5.92 Å². The molecule has 0 aromatic carbocycles. The fraction of sp³-hybridized carbons (Fsp3) is 0.833. The highest BCUT2D eigenvalue weighted by Gasteiger charge is 2.23. The summed E-state index contributed by atoms with van der Waals surface area (Å²) >= 11 is 0. The molecule has 0 aromatic heterocycles. The van der Waals surface area contributed by atoms with Gasteiger partial charge in [0.1, 0.15) is 0 Å². The lowest BCUT2D eigenvalue weighted by atomic mass is 9.93.